The summed E-state index contributed by atoms with van der Waals surface area (Å²) in [4.78, 5) is 26.4. The van der Waals surface area contributed by atoms with E-state index in [0.717, 1.165) is 22.7 Å². The zero-order valence-electron chi connectivity index (χ0n) is 20.1. The second-order valence-corrected chi connectivity index (χ2v) is 9.41. The smallest absolute Gasteiger partial charge is 0.341 e. The van der Waals surface area contributed by atoms with Gasteiger partial charge >= 0.3 is 5.97 Å². The fraction of sp³-hybridized carbons (Fsp3) is 0.520. The van der Waals surface area contributed by atoms with Crippen LogP contribution >= 0.6 is 0 Å². The Morgan fingerprint density at radius 1 is 1.21 bits per heavy atom. The molecule has 1 atom stereocenters. The average Bonchev–Trinajstić information content (AvgIpc) is 2.74. The lowest BCUT2D eigenvalue weighted by Crippen LogP contribution is -2.42. The molecule has 0 saturated carbocycles. The largest absolute Gasteiger partial charge is 0.495 e. The van der Waals surface area contributed by atoms with Crippen LogP contribution in [0.2, 0.25) is 0 Å². The number of likely N-dealkylation sites (N-methyl/N-ethyl adjacent to an activating group) is 1. The summed E-state index contributed by atoms with van der Waals surface area (Å²) in [5.41, 5.74) is 1.81. The zero-order valence-corrected chi connectivity index (χ0v) is 20.1. The number of nitrogens with zero attached hydrogens (tertiary/aromatic N) is 2. The van der Waals surface area contributed by atoms with Crippen molar-refractivity contribution in [3.05, 3.63) is 63.3 Å². The number of hydrogen-bond acceptors (Lipinski definition) is 6. The number of ether oxygens (including phenoxy) is 3. The third-order valence-corrected chi connectivity index (χ3v) is 5.91. The molecule has 0 aromatic carbocycles. The van der Waals surface area contributed by atoms with Crippen LogP contribution in [-0.2, 0) is 14.2 Å². The maximum Gasteiger partial charge on any atom is 0.341 e. The number of aromatic nitrogens is 1. The molecule has 1 unspecified atom stereocenters. The first kappa shape index (κ1) is 24.8. The number of pyridine rings is 1. The van der Waals surface area contributed by atoms with Crippen LogP contribution in [0.1, 0.15) is 49.3 Å². The van der Waals surface area contributed by atoms with Crippen LogP contribution < -0.4 is 5.43 Å². The van der Waals surface area contributed by atoms with E-state index in [1.807, 2.05) is 29.8 Å². The van der Waals surface area contributed by atoms with E-state index in [1.54, 1.807) is 7.11 Å². The van der Waals surface area contributed by atoms with Crippen LogP contribution in [0.25, 0.3) is 5.70 Å². The topological polar surface area (TPSA) is 90.2 Å². The Morgan fingerprint density at radius 3 is 2.61 bits per heavy atom. The average molecular weight is 459 g/mol. The highest BCUT2D eigenvalue weighted by Gasteiger charge is 2.36. The van der Waals surface area contributed by atoms with Gasteiger partial charge in [-0.05, 0) is 17.1 Å². The van der Waals surface area contributed by atoms with Crippen molar-refractivity contribution in [2.24, 2.45) is 5.41 Å². The van der Waals surface area contributed by atoms with Gasteiger partial charge in [0.15, 0.2) is 5.43 Å². The Morgan fingerprint density at radius 2 is 1.94 bits per heavy atom. The summed E-state index contributed by atoms with van der Waals surface area (Å²) < 4.78 is 18.3. The zero-order chi connectivity index (χ0) is 24.2. The van der Waals surface area contributed by atoms with Gasteiger partial charge in [0.1, 0.15) is 17.9 Å². The highest BCUT2D eigenvalue weighted by molar-refractivity contribution is 5.87. The van der Waals surface area contributed by atoms with Crippen molar-refractivity contribution in [3.63, 3.8) is 0 Å². The van der Waals surface area contributed by atoms with Gasteiger partial charge in [-0.2, -0.15) is 0 Å². The van der Waals surface area contributed by atoms with Crippen molar-refractivity contribution in [1.82, 2.24) is 9.47 Å². The van der Waals surface area contributed by atoms with Gasteiger partial charge in [-0.1, -0.05) is 32.9 Å². The molecule has 0 radical (unpaired) electrons. The Labute approximate surface area is 194 Å². The van der Waals surface area contributed by atoms with Crippen molar-refractivity contribution < 1.29 is 24.1 Å². The van der Waals surface area contributed by atoms with Crippen LogP contribution in [0.4, 0.5) is 0 Å². The first-order chi connectivity index (χ1) is 15.6. The lowest BCUT2D eigenvalue weighted by Gasteiger charge is -2.44. The molecule has 0 spiro atoms. The molecule has 1 aromatic rings. The minimum Gasteiger partial charge on any atom is -0.495 e. The maximum absolute atomic E-state index is 12.6. The molecule has 0 bridgehead atoms. The molecule has 33 heavy (non-hydrogen) atoms. The summed E-state index contributed by atoms with van der Waals surface area (Å²) in [6.45, 7) is 9.04. The molecule has 1 aromatic heterocycles. The van der Waals surface area contributed by atoms with Crippen molar-refractivity contribution >= 4 is 11.7 Å². The number of aromatic carboxylic acids is 1. The standard InChI is InChI=1S/C25H34N2O6/c1-25(2,3)22-16-26(4)23(20-14-21(28)19(24(29)30)15-27(20)22)17-7-6-8-18(13-17)33-12-11-32-10-9-31-5/h6-8,14-15,22H,9-13,16H2,1-5H3,(H,29,30)/b23-17-. The lowest BCUT2D eigenvalue weighted by atomic mass is 9.83. The van der Waals surface area contributed by atoms with E-state index in [4.69, 9.17) is 14.2 Å². The number of carbonyl (C=O) groups is 1. The molecule has 1 aliphatic carbocycles. The van der Waals surface area contributed by atoms with Gasteiger partial charge < -0.3 is 28.8 Å². The predicted molar refractivity (Wildman–Crippen MR) is 126 cm³/mol. The Kier molecular flexibility index (Phi) is 7.81. The Hall–Kier alpha value is -2.84. The van der Waals surface area contributed by atoms with Gasteiger partial charge in [-0.15, -0.1) is 0 Å². The van der Waals surface area contributed by atoms with Crippen LogP contribution in [0.15, 0.2) is 46.6 Å². The van der Waals surface area contributed by atoms with E-state index >= 15 is 0 Å². The van der Waals surface area contributed by atoms with E-state index in [0.29, 0.717) is 39.4 Å². The molecule has 8 nitrogen and oxygen atoms in total. The molecule has 8 heteroatoms. The lowest BCUT2D eigenvalue weighted by molar-refractivity contribution is 0.0407. The van der Waals surface area contributed by atoms with Crippen molar-refractivity contribution in [2.75, 3.05) is 47.1 Å². The molecule has 0 saturated heterocycles. The number of methoxy groups -OCH3 is 1. The molecular weight excluding hydrogens is 424 g/mol. The number of carboxylic acids is 1. The van der Waals surface area contributed by atoms with Gasteiger partial charge in [-0.25, -0.2) is 4.79 Å². The van der Waals surface area contributed by atoms with Crippen LogP contribution in [0.5, 0.6) is 0 Å². The molecule has 0 fully saturated rings. The Balaban J connectivity index is 1.92. The molecule has 180 valence electrons. The van der Waals surface area contributed by atoms with Crippen LogP contribution in [0, 0.1) is 5.41 Å². The predicted octanol–water partition coefficient (Wildman–Crippen LogP) is 3.31. The minimum atomic E-state index is -1.21. The molecule has 2 heterocycles. The fourth-order valence-corrected chi connectivity index (χ4v) is 4.21. The minimum absolute atomic E-state index is 0.00336. The molecule has 1 aliphatic heterocycles. The summed E-state index contributed by atoms with van der Waals surface area (Å²) in [6.07, 6.45) is 7.96. The van der Waals surface area contributed by atoms with Gasteiger partial charge in [0, 0.05) is 39.4 Å². The number of allylic oxidation sites excluding steroid dienone is 4. The van der Waals surface area contributed by atoms with Gasteiger partial charge in [0.2, 0.25) is 0 Å². The molecule has 1 N–H and O–H groups in total. The third kappa shape index (κ3) is 5.75. The van der Waals surface area contributed by atoms with E-state index in [9.17, 15) is 14.7 Å². The Bertz CT molecular complexity index is 1030. The van der Waals surface area contributed by atoms with E-state index < -0.39 is 11.4 Å². The SMILES string of the molecule is COCCOCCOC1=CC=C/C(=C2\c3cc(=O)c(C(=O)O)cn3C(C(C)(C)C)CN2C)C1. The number of carboxylic acid groups (broad SMARTS) is 1. The van der Waals surface area contributed by atoms with E-state index in [-0.39, 0.29) is 17.0 Å². The number of hydrogen-bond donors (Lipinski definition) is 1. The third-order valence-electron chi connectivity index (χ3n) is 5.91. The molecular formula is C25H34N2O6. The van der Waals surface area contributed by atoms with E-state index in [1.165, 1.54) is 12.3 Å². The monoisotopic (exact) mass is 458 g/mol. The summed E-state index contributed by atoms with van der Waals surface area (Å²) in [7, 11) is 3.64. The first-order valence-corrected chi connectivity index (χ1v) is 11.1. The molecule has 3 rings (SSSR count). The summed E-state index contributed by atoms with van der Waals surface area (Å²) >= 11 is 0. The van der Waals surface area contributed by atoms with Crippen LogP contribution in [-0.4, -0.2) is 67.7 Å². The second-order valence-electron chi connectivity index (χ2n) is 9.41. The fourth-order valence-electron chi connectivity index (χ4n) is 4.21. The molecule has 0 amide bonds. The quantitative estimate of drug-likeness (QED) is 0.598. The van der Waals surface area contributed by atoms with Gasteiger partial charge in [-0.3, -0.25) is 4.79 Å². The maximum atomic E-state index is 12.6. The van der Waals surface area contributed by atoms with Gasteiger partial charge in [0.05, 0.1) is 37.3 Å². The van der Waals surface area contributed by atoms with Crippen molar-refractivity contribution in [3.8, 4) is 0 Å². The normalized spacial score (nSPS) is 20.5. The van der Waals surface area contributed by atoms with Gasteiger partial charge in [0.25, 0.3) is 0 Å². The number of fused-ring (bicyclic) bond motifs is 1. The van der Waals surface area contributed by atoms with E-state index in [2.05, 4.69) is 25.7 Å². The van der Waals surface area contributed by atoms with Crippen molar-refractivity contribution in [2.45, 2.75) is 33.2 Å². The highest BCUT2D eigenvalue weighted by Crippen LogP contribution is 2.41. The van der Waals surface area contributed by atoms with Crippen LogP contribution in [0.3, 0.4) is 0 Å². The van der Waals surface area contributed by atoms with Crippen molar-refractivity contribution in [1.29, 1.82) is 0 Å². The molecule has 2 aliphatic rings. The summed E-state index contributed by atoms with van der Waals surface area (Å²) in [5, 5.41) is 9.52. The highest BCUT2D eigenvalue weighted by atomic mass is 16.5. The first-order valence-electron chi connectivity index (χ1n) is 11.1. The summed E-state index contributed by atoms with van der Waals surface area (Å²) in [6, 6.07) is 1.46. The summed E-state index contributed by atoms with van der Waals surface area (Å²) in [5.74, 6) is -0.391. The second kappa shape index (κ2) is 10.4. The number of rotatable bonds is 8.